The first-order chi connectivity index (χ1) is 6.60. The second-order valence-electron chi connectivity index (χ2n) is 3.33. The molecule has 0 amide bonds. The van der Waals surface area contributed by atoms with Gasteiger partial charge in [-0.15, -0.1) is 0 Å². The van der Waals surface area contributed by atoms with Crippen LogP contribution in [0.5, 0.6) is 0 Å². The van der Waals surface area contributed by atoms with Gasteiger partial charge in [-0.1, -0.05) is 0 Å². The van der Waals surface area contributed by atoms with Gasteiger partial charge in [0.05, 0.1) is 6.61 Å². The molecule has 1 heterocycles. The molecule has 0 radical (unpaired) electrons. The van der Waals surface area contributed by atoms with Crippen molar-refractivity contribution in [1.82, 2.24) is 0 Å². The van der Waals surface area contributed by atoms with Crippen molar-refractivity contribution in [3.63, 3.8) is 0 Å². The van der Waals surface area contributed by atoms with Crippen molar-refractivity contribution >= 4 is 5.97 Å². The van der Waals surface area contributed by atoms with Crippen LogP contribution in [0.25, 0.3) is 0 Å². The summed E-state index contributed by atoms with van der Waals surface area (Å²) in [6.45, 7) is 2.26. The van der Waals surface area contributed by atoms with Gasteiger partial charge in [0.2, 0.25) is 6.17 Å². The third-order valence-corrected chi connectivity index (χ3v) is 2.32. The minimum atomic E-state index is -1.97. The smallest absolute Gasteiger partial charge is 0.343 e. The highest BCUT2D eigenvalue weighted by Crippen LogP contribution is 2.27. The molecule has 1 saturated heterocycles. The van der Waals surface area contributed by atoms with E-state index in [1.165, 1.54) is 0 Å². The zero-order chi connectivity index (χ0) is 10.6. The van der Waals surface area contributed by atoms with Gasteiger partial charge < -0.3 is 14.6 Å². The van der Waals surface area contributed by atoms with E-state index in [9.17, 15) is 14.3 Å². The molecule has 1 rings (SSSR count). The number of carbonyl (C=O) groups excluding carboxylic acids is 1. The fourth-order valence-electron chi connectivity index (χ4n) is 1.41. The standard InChI is InChI=1S/C9H15FO4/c1-2-14-8(11)7(10)9(12)3-5-13-6-4-9/h7,12H,2-6H2,1H3. The summed E-state index contributed by atoms with van der Waals surface area (Å²) in [7, 11) is 0. The zero-order valence-corrected chi connectivity index (χ0v) is 8.16. The molecular weight excluding hydrogens is 191 g/mol. The molecule has 5 heteroatoms. The molecule has 0 aromatic rings. The SMILES string of the molecule is CCOC(=O)C(F)C1(O)CCOCC1. The Hall–Kier alpha value is -0.680. The fourth-order valence-corrected chi connectivity index (χ4v) is 1.41. The summed E-state index contributed by atoms with van der Waals surface area (Å²) in [6.07, 6.45) is -1.70. The van der Waals surface area contributed by atoms with E-state index in [1.54, 1.807) is 6.92 Å². The van der Waals surface area contributed by atoms with E-state index in [2.05, 4.69) is 4.74 Å². The number of alkyl halides is 1. The van der Waals surface area contributed by atoms with Gasteiger partial charge in [-0.25, -0.2) is 9.18 Å². The van der Waals surface area contributed by atoms with Crippen LogP contribution < -0.4 is 0 Å². The average Bonchev–Trinajstić information content (AvgIpc) is 2.18. The van der Waals surface area contributed by atoms with Crippen LogP contribution in [0.1, 0.15) is 19.8 Å². The molecule has 0 bridgehead atoms. The topological polar surface area (TPSA) is 55.8 Å². The Kier molecular flexibility index (Phi) is 3.83. The summed E-state index contributed by atoms with van der Waals surface area (Å²) < 4.78 is 23.0. The Morgan fingerprint density at radius 1 is 1.64 bits per heavy atom. The highest BCUT2D eigenvalue weighted by molar-refractivity contribution is 5.76. The van der Waals surface area contributed by atoms with Crippen LogP contribution in [-0.4, -0.2) is 42.7 Å². The molecule has 0 aromatic carbocycles. The van der Waals surface area contributed by atoms with Gasteiger partial charge in [-0.3, -0.25) is 0 Å². The van der Waals surface area contributed by atoms with Crippen molar-refractivity contribution in [2.45, 2.75) is 31.5 Å². The number of ether oxygens (including phenoxy) is 2. The van der Waals surface area contributed by atoms with Gasteiger partial charge in [0.15, 0.2) is 0 Å². The van der Waals surface area contributed by atoms with Gasteiger partial charge in [-0.05, 0) is 6.92 Å². The lowest BCUT2D eigenvalue weighted by Gasteiger charge is -2.33. The predicted molar refractivity (Wildman–Crippen MR) is 46.5 cm³/mol. The predicted octanol–water partition coefficient (Wildman–Crippen LogP) is 0.429. The number of aliphatic hydroxyl groups is 1. The minimum absolute atomic E-state index is 0.117. The van der Waals surface area contributed by atoms with Crippen LogP contribution in [0.2, 0.25) is 0 Å². The van der Waals surface area contributed by atoms with E-state index in [1.807, 2.05) is 0 Å². The molecule has 1 fully saturated rings. The second kappa shape index (κ2) is 4.70. The number of esters is 1. The summed E-state index contributed by atoms with van der Waals surface area (Å²) in [6, 6.07) is 0. The fraction of sp³-hybridized carbons (Fsp3) is 0.889. The minimum Gasteiger partial charge on any atom is -0.464 e. The molecule has 1 unspecified atom stereocenters. The van der Waals surface area contributed by atoms with E-state index < -0.39 is 17.7 Å². The molecule has 0 saturated carbocycles. The molecule has 1 atom stereocenters. The summed E-state index contributed by atoms with van der Waals surface area (Å²) in [5.41, 5.74) is -1.61. The zero-order valence-electron chi connectivity index (χ0n) is 8.16. The lowest BCUT2D eigenvalue weighted by Crippen LogP contribution is -2.48. The molecule has 0 spiro atoms. The molecule has 0 aromatic heterocycles. The van der Waals surface area contributed by atoms with Crippen molar-refractivity contribution in [1.29, 1.82) is 0 Å². The molecule has 82 valence electrons. The van der Waals surface area contributed by atoms with E-state index >= 15 is 0 Å². The van der Waals surface area contributed by atoms with E-state index in [4.69, 9.17) is 4.74 Å². The van der Waals surface area contributed by atoms with Crippen molar-refractivity contribution in [3.8, 4) is 0 Å². The van der Waals surface area contributed by atoms with Crippen LogP contribution in [0, 0.1) is 0 Å². The van der Waals surface area contributed by atoms with Crippen LogP contribution in [0.15, 0.2) is 0 Å². The maximum absolute atomic E-state index is 13.5. The molecule has 1 aliphatic heterocycles. The third-order valence-electron chi connectivity index (χ3n) is 2.32. The summed E-state index contributed by atoms with van der Waals surface area (Å²) in [5, 5.41) is 9.78. The summed E-state index contributed by atoms with van der Waals surface area (Å²) >= 11 is 0. The van der Waals surface area contributed by atoms with Crippen molar-refractivity contribution in [2.75, 3.05) is 19.8 Å². The Balaban J connectivity index is 2.56. The Morgan fingerprint density at radius 2 is 2.21 bits per heavy atom. The van der Waals surface area contributed by atoms with Gasteiger partial charge >= 0.3 is 5.97 Å². The van der Waals surface area contributed by atoms with Crippen molar-refractivity contribution < 1.29 is 23.8 Å². The van der Waals surface area contributed by atoms with Crippen LogP contribution >= 0.6 is 0 Å². The van der Waals surface area contributed by atoms with Gasteiger partial charge in [0, 0.05) is 26.1 Å². The first-order valence-corrected chi connectivity index (χ1v) is 4.71. The summed E-state index contributed by atoms with van der Waals surface area (Å²) in [4.78, 5) is 11.0. The lowest BCUT2D eigenvalue weighted by molar-refractivity contribution is -0.168. The first-order valence-electron chi connectivity index (χ1n) is 4.71. The molecular formula is C9H15FO4. The number of halogens is 1. The quantitative estimate of drug-likeness (QED) is 0.680. The summed E-state index contributed by atoms with van der Waals surface area (Å²) in [5.74, 6) is -0.989. The maximum Gasteiger partial charge on any atom is 0.343 e. The second-order valence-corrected chi connectivity index (χ2v) is 3.33. The molecule has 1 N–H and O–H groups in total. The molecule has 14 heavy (non-hydrogen) atoms. The van der Waals surface area contributed by atoms with E-state index in [0.29, 0.717) is 0 Å². The van der Waals surface area contributed by atoms with Crippen molar-refractivity contribution in [2.24, 2.45) is 0 Å². The monoisotopic (exact) mass is 206 g/mol. The highest BCUT2D eigenvalue weighted by Gasteiger charge is 2.44. The maximum atomic E-state index is 13.5. The normalized spacial score (nSPS) is 22.8. The first kappa shape index (κ1) is 11.4. The van der Waals surface area contributed by atoms with Crippen LogP contribution in [0.3, 0.4) is 0 Å². The Morgan fingerprint density at radius 3 is 2.71 bits per heavy atom. The van der Waals surface area contributed by atoms with Crippen LogP contribution in [-0.2, 0) is 14.3 Å². The number of carbonyl (C=O) groups is 1. The largest absolute Gasteiger partial charge is 0.464 e. The molecule has 1 aliphatic rings. The Labute approximate surface area is 82.0 Å². The van der Waals surface area contributed by atoms with E-state index in [-0.39, 0.29) is 32.7 Å². The highest BCUT2D eigenvalue weighted by atomic mass is 19.1. The molecule has 0 aliphatic carbocycles. The lowest BCUT2D eigenvalue weighted by atomic mass is 9.89. The van der Waals surface area contributed by atoms with Crippen LogP contribution in [0.4, 0.5) is 4.39 Å². The van der Waals surface area contributed by atoms with Gasteiger partial charge in [0.1, 0.15) is 5.60 Å². The van der Waals surface area contributed by atoms with Gasteiger partial charge in [0.25, 0.3) is 0 Å². The number of hydrogen-bond donors (Lipinski definition) is 1. The Bertz CT molecular complexity index is 201. The number of hydrogen-bond acceptors (Lipinski definition) is 4. The molecule has 4 nitrogen and oxygen atoms in total. The third kappa shape index (κ3) is 2.42. The van der Waals surface area contributed by atoms with Crippen molar-refractivity contribution in [3.05, 3.63) is 0 Å². The van der Waals surface area contributed by atoms with E-state index in [0.717, 1.165) is 0 Å². The van der Waals surface area contributed by atoms with Gasteiger partial charge in [-0.2, -0.15) is 0 Å². The average molecular weight is 206 g/mol. The number of rotatable bonds is 3.